The van der Waals surface area contributed by atoms with Crippen LogP contribution < -0.4 is 10.2 Å². The van der Waals surface area contributed by atoms with E-state index in [9.17, 15) is 9.18 Å². The summed E-state index contributed by atoms with van der Waals surface area (Å²) in [6.45, 7) is 7.73. The predicted molar refractivity (Wildman–Crippen MR) is 110 cm³/mol. The molecule has 3 rings (SSSR count). The number of nitrogens with one attached hydrogen (secondary N) is 1. The molecule has 1 aliphatic rings. The summed E-state index contributed by atoms with van der Waals surface area (Å²) >= 11 is 1.74. The summed E-state index contributed by atoms with van der Waals surface area (Å²) in [5.74, 6) is -0.0803. The topological polar surface area (TPSA) is 35.6 Å². The van der Waals surface area contributed by atoms with E-state index in [1.54, 1.807) is 11.3 Å². The van der Waals surface area contributed by atoms with Crippen molar-refractivity contribution < 1.29 is 9.18 Å². The van der Waals surface area contributed by atoms with Crippen molar-refractivity contribution in [3.63, 3.8) is 0 Å². The minimum atomic E-state index is -0.202. The molecule has 1 fully saturated rings. The molecule has 6 heteroatoms. The Labute approximate surface area is 165 Å². The standard InChI is InChI=1S/C21H28FN3OS/c1-3-5-20(26)23-16(2)21(19-6-4-15-27-19)25-13-11-24(12-14-25)18-9-7-17(22)8-10-18/h4,6-10,15-16,21H,3,5,11-14H2,1-2H3,(H,23,26)/t16-,21-/m0/s1. The molecule has 1 aliphatic heterocycles. The number of nitrogens with zero attached hydrogens (tertiary/aromatic N) is 2. The van der Waals surface area contributed by atoms with Crippen molar-refractivity contribution in [3.05, 3.63) is 52.5 Å². The van der Waals surface area contributed by atoms with Crippen LogP contribution in [0.25, 0.3) is 0 Å². The van der Waals surface area contributed by atoms with Gasteiger partial charge in [-0.25, -0.2) is 4.39 Å². The van der Waals surface area contributed by atoms with E-state index < -0.39 is 0 Å². The van der Waals surface area contributed by atoms with Crippen LogP contribution in [0.3, 0.4) is 0 Å². The second-order valence-corrected chi connectivity index (χ2v) is 8.05. The number of piperazine rings is 1. The summed E-state index contributed by atoms with van der Waals surface area (Å²) in [6, 6.07) is 11.2. The fourth-order valence-corrected chi connectivity index (χ4v) is 4.71. The number of hydrogen-bond donors (Lipinski definition) is 1. The molecule has 1 aromatic heterocycles. The van der Waals surface area contributed by atoms with Crippen molar-refractivity contribution in [2.75, 3.05) is 31.1 Å². The van der Waals surface area contributed by atoms with E-state index in [2.05, 4.69) is 39.6 Å². The number of carbonyl (C=O) groups is 1. The first-order valence-electron chi connectivity index (χ1n) is 9.66. The minimum absolute atomic E-state index is 0.0556. The molecule has 1 saturated heterocycles. The third kappa shape index (κ3) is 5.08. The van der Waals surface area contributed by atoms with Gasteiger partial charge in [0.15, 0.2) is 0 Å². The quantitative estimate of drug-likeness (QED) is 0.776. The molecule has 2 heterocycles. The first-order valence-corrected chi connectivity index (χ1v) is 10.5. The molecule has 27 heavy (non-hydrogen) atoms. The lowest BCUT2D eigenvalue weighted by atomic mass is 10.0. The molecule has 1 amide bonds. The lowest BCUT2D eigenvalue weighted by Gasteiger charge is -2.42. The molecule has 0 saturated carbocycles. The van der Waals surface area contributed by atoms with Gasteiger partial charge < -0.3 is 10.2 Å². The molecule has 0 spiro atoms. The SMILES string of the molecule is CCCC(=O)N[C@@H](C)[C@@H](c1cccs1)N1CCN(c2ccc(F)cc2)CC1. The third-order valence-corrected chi connectivity index (χ3v) is 6.02. The maximum Gasteiger partial charge on any atom is 0.220 e. The van der Waals surface area contributed by atoms with Crippen molar-refractivity contribution in [1.82, 2.24) is 10.2 Å². The maximum absolute atomic E-state index is 13.2. The fraction of sp³-hybridized carbons (Fsp3) is 0.476. The second kappa shape index (κ2) is 9.33. The van der Waals surface area contributed by atoms with Gasteiger partial charge in [0.25, 0.3) is 0 Å². The summed E-state index contributed by atoms with van der Waals surface area (Å²) in [6.07, 6.45) is 1.43. The Balaban J connectivity index is 1.67. The number of anilines is 1. The molecule has 146 valence electrons. The van der Waals surface area contributed by atoms with Gasteiger partial charge in [-0.2, -0.15) is 0 Å². The van der Waals surface area contributed by atoms with E-state index >= 15 is 0 Å². The Morgan fingerprint density at radius 3 is 2.48 bits per heavy atom. The Morgan fingerprint density at radius 2 is 1.89 bits per heavy atom. The van der Waals surface area contributed by atoms with Gasteiger partial charge in [0.1, 0.15) is 5.82 Å². The highest BCUT2D eigenvalue weighted by Crippen LogP contribution is 2.30. The Kier molecular flexibility index (Phi) is 6.85. The Bertz CT molecular complexity index is 712. The number of benzene rings is 1. The summed E-state index contributed by atoms with van der Waals surface area (Å²) in [7, 11) is 0. The van der Waals surface area contributed by atoms with Crippen LogP contribution in [0.1, 0.15) is 37.6 Å². The van der Waals surface area contributed by atoms with Crippen LogP contribution in [-0.4, -0.2) is 43.0 Å². The van der Waals surface area contributed by atoms with Gasteiger partial charge in [0.2, 0.25) is 5.91 Å². The summed E-state index contributed by atoms with van der Waals surface area (Å²) < 4.78 is 13.2. The number of rotatable bonds is 7. The van der Waals surface area contributed by atoms with E-state index in [1.165, 1.54) is 17.0 Å². The van der Waals surface area contributed by atoms with Gasteiger partial charge in [-0.05, 0) is 49.1 Å². The molecule has 4 nitrogen and oxygen atoms in total. The molecule has 0 aliphatic carbocycles. The van der Waals surface area contributed by atoms with E-state index in [0.717, 1.165) is 38.3 Å². The summed E-state index contributed by atoms with van der Waals surface area (Å²) in [4.78, 5) is 18.2. The number of halogens is 1. The largest absolute Gasteiger partial charge is 0.369 e. The number of amides is 1. The monoisotopic (exact) mass is 389 g/mol. The maximum atomic E-state index is 13.2. The van der Waals surface area contributed by atoms with Gasteiger partial charge in [-0.1, -0.05) is 13.0 Å². The van der Waals surface area contributed by atoms with Gasteiger partial charge in [-0.3, -0.25) is 9.69 Å². The van der Waals surface area contributed by atoms with E-state index in [1.807, 2.05) is 19.1 Å². The van der Waals surface area contributed by atoms with E-state index in [-0.39, 0.29) is 23.8 Å². The summed E-state index contributed by atoms with van der Waals surface area (Å²) in [5.41, 5.74) is 1.06. The molecule has 1 aromatic carbocycles. The average molecular weight is 390 g/mol. The molecule has 0 bridgehead atoms. The van der Waals surface area contributed by atoms with Crippen molar-refractivity contribution >= 4 is 22.9 Å². The molecule has 1 N–H and O–H groups in total. The zero-order chi connectivity index (χ0) is 19.2. The van der Waals surface area contributed by atoms with Crippen LogP contribution in [0.15, 0.2) is 41.8 Å². The molecule has 2 atom stereocenters. The zero-order valence-electron chi connectivity index (χ0n) is 16.0. The van der Waals surface area contributed by atoms with E-state index in [0.29, 0.717) is 6.42 Å². The number of hydrogen-bond acceptors (Lipinski definition) is 4. The zero-order valence-corrected chi connectivity index (χ0v) is 16.8. The molecule has 0 radical (unpaired) electrons. The van der Waals surface area contributed by atoms with Gasteiger partial charge in [-0.15, -0.1) is 11.3 Å². The molecule has 0 unspecified atom stereocenters. The van der Waals surface area contributed by atoms with Crippen LogP contribution in [0, 0.1) is 5.82 Å². The second-order valence-electron chi connectivity index (χ2n) is 7.07. The summed E-state index contributed by atoms with van der Waals surface area (Å²) in [5, 5.41) is 5.28. The third-order valence-electron chi connectivity index (χ3n) is 5.07. The number of carbonyl (C=O) groups excluding carboxylic acids is 1. The average Bonchev–Trinajstić information content (AvgIpc) is 3.17. The Morgan fingerprint density at radius 1 is 1.19 bits per heavy atom. The van der Waals surface area contributed by atoms with Crippen molar-refractivity contribution in [3.8, 4) is 0 Å². The molecular weight excluding hydrogens is 361 g/mol. The van der Waals surface area contributed by atoms with Crippen LogP contribution in [0.5, 0.6) is 0 Å². The van der Waals surface area contributed by atoms with Gasteiger partial charge >= 0.3 is 0 Å². The normalized spacial score (nSPS) is 17.5. The van der Waals surface area contributed by atoms with Crippen LogP contribution in [-0.2, 0) is 4.79 Å². The van der Waals surface area contributed by atoms with Crippen molar-refractivity contribution in [2.45, 2.75) is 38.8 Å². The van der Waals surface area contributed by atoms with Crippen molar-refractivity contribution in [2.24, 2.45) is 0 Å². The van der Waals surface area contributed by atoms with Gasteiger partial charge in [0, 0.05) is 49.2 Å². The first-order chi connectivity index (χ1) is 13.1. The fourth-order valence-electron chi connectivity index (χ4n) is 3.74. The van der Waals surface area contributed by atoms with Crippen LogP contribution in [0.4, 0.5) is 10.1 Å². The van der Waals surface area contributed by atoms with Gasteiger partial charge in [0.05, 0.1) is 6.04 Å². The predicted octanol–water partition coefficient (Wildman–Crippen LogP) is 4.06. The van der Waals surface area contributed by atoms with E-state index in [4.69, 9.17) is 0 Å². The minimum Gasteiger partial charge on any atom is -0.369 e. The van der Waals surface area contributed by atoms with Crippen LogP contribution in [0.2, 0.25) is 0 Å². The molecular formula is C21H28FN3OS. The Hall–Kier alpha value is -1.92. The smallest absolute Gasteiger partial charge is 0.220 e. The molecule has 2 aromatic rings. The highest BCUT2D eigenvalue weighted by Gasteiger charge is 2.30. The number of thiophene rings is 1. The lowest BCUT2D eigenvalue weighted by molar-refractivity contribution is -0.122. The van der Waals surface area contributed by atoms with Crippen LogP contribution >= 0.6 is 11.3 Å². The lowest BCUT2D eigenvalue weighted by Crippen LogP contribution is -2.52. The highest BCUT2D eigenvalue weighted by molar-refractivity contribution is 7.10. The van der Waals surface area contributed by atoms with Crippen molar-refractivity contribution in [1.29, 1.82) is 0 Å². The first kappa shape index (κ1) is 19.8. The highest BCUT2D eigenvalue weighted by atomic mass is 32.1.